The van der Waals surface area contributed by atoms with Crippen molar-refractivity contribution in [2.45, 2.75) is 0 Å². The van der Waals surface area contributed by atoms with Crippen LogP contribution in [-0.2, 0) is 20.1 Å². The van der Waals surface area contributed by atoms with Crippen LogP contribution in [0.5, 0.6) is 0 Å². The average Bonchev–Trinajstić information content (AvgIpc) is 3.05. The van der Waals surface area contributed by atoms with E-state index in [1.54, 1.807) is 18.7 Å². The number of imidazole rings is 2. The molecule has 0 aliphatic carbocycles. The summed E-state index contributed by atoms with van der Waals surface area (Å²) in [4.78, 5) is 8.47. The molecule has 0 unspecified atom stereocenters. The third kappa shape index (κ3) is 1.49. The van der Waals surface area contributed by atoms with Crippen LogP contribution < -0.4 is 0 Å². The minimum absolute atomic E-state index is 0. The van der Waals surface area contributed by atoms with Crippen LogP contribution >= 0.6 is 0 Å². The summed E-state index contributed by atoms with van der Waals surface area (Å²) < 4.78 is 3.83. The van der Waals surface area contributed by atoms with Crippen molar-refractivity contribution in [3.63, 3.8) is 0 Å². The van der Waals surface area contributed by atoms with E-state index in [0.717, 1.165) is 22.2 Å². The number of nitriles is 1. The predicted octanol–water partition coefficient (Wildman–Crippen LogP) is 1.80. The third-order valence-corrected chi connectivity index (χ3v) is 3.00. The minimum atomic E-state index is 0. The summed E-state index contributed by atoms with van der Waals surface area (Å²) in [5, 5.41) is 9.85. The van der Waals surface area contributed by atoms with Crippen LogP contribution in [0.15, 0.2) is 36.9 Å². The standard InChI is InChI=1S/C13H6N5.Ir/c14-5-9-7-17-12-6-15-8-18(12)11-4-2-1-3-10(11)13(17)16-9;/h1-2,4,6-8H;/q-1;. The van der Waals surface area contributed by atoms with Gasteiger partial charge in [0.1, 0.15) is 17.4 Å². The fourth-order valence-electron chi connectivity index (χ4n) is 2.24. The molecule has 0 saturated heterocycles. The summed E-state index contributed by atoms with van der Waals surface area (Å²) in [7, 11) is 0. The minimum Gasteiger partial charge on any atom is -0.328 e. The molecule has 0 aliphatic rings. The molecule has 0 N–H and O–H groups in total. The number of rotatable bonds is 0. The van der Waals surface area contributed by atoms with Gasteiger partial charge in [-0.1, -0.05) is 5.39 Å². The molecule has 3 heterocycles. The Bertz CT molecular complexity index is 944. The first-order valence-electron chi connectivity index (χ1n) is 5.42. The first-order valence-corrected chi connectivity index (χ1v) is 5.42. The smallest absolute Gasteiger partial charge is 0.148 e. The number of nitrogens with zero attached hydrogens (tertiary/aromatic N) is 5. The molecular weight excluding hydrogens is 418 g/mol. The Labute approximate surface area is 121 Å². The van der Waals surface area contributed by atoms with Gasteiger partial charge in [0.05, 0.1) is 18.2 Å². The largest absolute Gasteiger partial charge is 0.328 e. The quantitative estimate of drug-likeness (QED) is 0.405. The maximum atomic E-state index is 8.97. The van der Waals surface area contributed by atoms with Gasteiger partial charge in [0, 0.05) is 26.3 Å². The van der Waals surface area contributed by atoms with Crippen molar-refractivity contribution in [3.8, 4) is 6.07 Å². The molecule has 0 saturated carbocycles. The van der Waals surface area contributed by atoms with E-state index in [9.17, 15) is 0 Å². The Hall–Kier alpha value is -2.22. The van der Waals surface area contributed by atoms with Crippen molar-refractivity contribution in [1.82, 2.24) is 18.8 Å². The third-order valence-electron chi connectivity index (χ3n) is 3.00. The van der Waals surface area contributed by atoms with Crippen LogP contribution in [0.1, 0.15) is 5.69 Å². The molecule has 0 atom stereocenters. The summed E-state index contributed by atoms with van der Waals surface area (Å²) in [6, 6.07) is 11.0. The molecule has 93 valence electrons. The van der Waals surface area contributed by atoms with E-state index < -0.39 is 0 Å². The van der Waals surface area contributed by atoms with Crippen LogP contribution in [0.2, 0.25) is 0 Å². The molecule has 0 aliphatic heterocycles. The van der Waals surface area contributed by atoms with Crippen LogP contribution in [0.4, 0.5) is 0 Å². The average molecular weight is 424 g/mol. The Morgan fingerprint density at radius 1 is 1.32 bits per heavy atom. The Morgan fingerprint density at radius 3 is 3.05 bits per heavy atom. The van der Waals surface area contributed by atoms with Gasteiger partial charge in [-0.15, -0.1) is 24.3 Å². The van der Waals surface area contributed by atoms with Crippen molar-refractivity contribution in [1.29, 1.82) is 5.26 Å². The maximum absolute atomic E-state index is 8.97. The normalized spacial score (nSPS) is 10.7. The molecule has 4 rings (SSSR count). The molecule has 4 aromatic rings. The fraction of sp³-hybridized carbons (Fsp3) is 0. The molecule has 0 fully saturated rings. The predicted molar refractivity (Wildman–Crippen MR) is 65.0 cm³/mol. The maximum Gasteiger partial charge on any atom is 0.148 e. The van der Waals surface area contributed by atoms with E-state index >= 15 is 0 Å². The summed E-state index contributed by atoms with van der Waals surface area (Å²) in [6.45, 7) is 0. The van der Waals surface area contributed by atoms with Crippen molar-refractivity contribution in [2.75, 3.05) is 0 Å². The summed E-state index contributed by atoms with van der Waals surface area (Å²) >= 11 is 0. The number of aromatic nitrogens is 4. The van der Waals surface area contributed by atoms with Gasteiger partial charge in [-0.25, -0.2) is 4.98 Å². The number of hydrogen-bond donors (Lipinski definition) is 0. The zero-order valence-electron chi connectivity index (χ0n) is 9.53. The Kier molecular flexibility index (Phi) is 2.59. The van der Waals surface area contributed by atoms with Crippen LogP contribution in [0.3, 0.4) is 0 Å². The molecule has 6 heteroatoms. The van der Waals surface area contributed by atoms with Gasteiger partial charge in [0.2, 0.25) is 0 Å². The van der Waals surface area contributed by atoms with E-state index in [1.165, 1.54) is 0 Å². The van der Waals surface area contributed by atoms with Crippen LogP contribution in [0, 0.1) is 17.4 Å². The fourth-order valence-corrected chi connectivity index (χ4v) is 2.24. The van der Waals surface area contributed by atoms with E-state index in [0.29, 0.717) is 5.69 Å². The molecule has 19 heavy (non-hydrogen) atoms. The van der Waals surface area contributed by atoms with Gasteiger partial charge in [0.15, 0.2) is 0 Å². The van der Waals surface area contributed by atoms with E-state index in [-0.39, 0.29) is 20.1 Å². The summed E-state index contributed by atoms with van der Waals surface area (Å²) in [6.07, 6.45) is 5.21. The van der Waals surface area contributed by atoms with Gasteiger partial charge < -0.3 is 8.80 Å². The number of hydrogen-bond acceptors (Lipinski definition) is 3. The Morgan fingerprint density at radius 2 is 2.21 bits per heavy atom. The van der Waals surface area contributed by atoms with Gasteiger partial charge in [-0.05, 0) is 5.52 Å². The topological polar surface area (TPSA) is 58.4 Å². The molecule has 5 nitrogen and oxygen atoms in total. The van der Waals surface area contributed by atoms with Crippen molar-refractivity contribution >= 4 is 22.2 Å². The second-order valence-electron chi connectivity index (χ2n) is 3.98. The zero-order chi connectivity index (χ0) is 12.1. The van der Waals surface area contributed by atoms with Gasteiger partial charge >= 0.3 is 0 Å². The van der Waals surface area contributed by atoms with E-state index in [1.807, 2.05) is 27.0 Å². The monoisotopic (exact) mass is 425 g/mol. The molecule has 3 aromatic heterocycles. The Balaban J connectivity index is 0.00000110. The second-order valence-corrected chi connectivity index (χ2v) is 3.98. The molecular formula is C13H6IrN5-. The number of benzene rings is 1. The van der Waals surface area contributed by atoms with Gasteiger partial charge in [0.25, 0.3) is 0 Å². The summed E-state index contributed by atoms with van der Waals surface area (Å²) in [5.41, 5.74) is 2.98. The van der Waals surface area contributed by atoms with Gasteiger partial charge in [-0.2, -0.15) is 5.26 Å². The molecule has 1 radical (unpaired) electrons. The molecule has 0 bridgehead atoms. The summed E-state index contributed by atoms with van der Waals surface area (Å²) in [5.74, 6) is 0. The molecule has 0 spiro atoms. The first kappa shape index (κ1) is 11.8. The second kappa shape index (κ2) is 4.16. The van der Waals surface area contributed by atoms with Crippen LogP contribution in [0.25, 0.3) is 22.2 Å². The zero-order valence-corrected chi connectivity index (χ0v) is 11.9. The van der Waals surface area contributed by atoms with E-state index in [2.05, 4.69) is 22.1 Å². The first-order chi connectivity index (χ1) is 8.88. The van der Waals surface area contributed by atoms with Crippen molar-refractivity contribution in [2.24, 2.45) is 0 Å². The number of fused-ring (bicyclic) bond motifs is 6. The molecule has 0 amide bonds. The van der Waals surface area contributed by atoms with Crippen molar-refractivity contribution < 1.29 is 20.1 Å². The van der Waals surface area contributed by atoms with Crippen LogP contribution in [-0.4, -0.2) is 18.8 Å². The van der Waals surface area contributed by atoms with Crippen molar-refractivity contribution in [3.05, 3.63) is 48.7 Å². The SMILES string of the molecule is N#Cc1cn2c(n1)c1[c-]cccc1n1cncc12.[Ir]. The van der Waals surface area contributed by atoms with E-state index in [4.69, 9.17) is 5.26 Å². The molecule has 1 aromatic carbocycles. The van der Waals surface area contributed by atoms with Gasteiger partial charge in [-0.3, -0.25) is 4.98 Å².